The standard InChI is InChI=1S/C16H13BrN2O2S2/c1-9-7-12(10(2)23-9)14(20)8-22-16-19-18-15(21-16)11-5-3-4-6-13(11)17/h3-7H,8H2,1-2H3. The number of ketones is 1. The summed E-state index contributed by atoms with van der Waals surface area (Å²) < 4.78 is 6.52. The van der Waals surface area contributed by atoms with Crippen molar-refractivity contribution >= 4 is 44.8 Å². The molecule has 2 aromatic heterocycles. The summed E-state index contributed by atoms with van der Waals surface area (Å²) in [6.45, 7) is 3.97. The topological polar surface area (TPSA) is 56.0 Å². The second-order valence-corrected chi connectivity index (χ2v) is 8.13. The number of thioether (sulfide) groups is 1. The highest BCUT2D eigenvalue weighted by molar-refractivity contribution is 9.10. The maximum absolute atomic E-state index is 12.3. The van der Waals surface area contributed by atoms with Crippen molar-refractivity contribution in [1.29, 1.82) is 0 Å². The first-order valence-corrected chi connectivity index (χ1v) is 9.45. The van der Waals surface area contributed by atoms with Gasteiger partial charge in [0.25, 0.3) is 5.22 Å². The number of rotatable bonds is 5. The quantitative estimate of drug-likeness (QED) is 0.431. The summed E-state index contributed by atoms with van der Waals surface area (Å²) in [6, 6.07) is 9.57. The van der Waals surface area contributed by atoms with Crippen molar-refractivity contribution in [3.63, 3.8) is 0 Å². The van der Waals surface area contributed by atoms with Gasteiger partial charge in [-0.2, -0.15) is 0 Å². The van der Waals surface area contributed by atoms with Gasteiger partial charge in [0.15, 0.2) is 5.78 Å². The summed E-state index contributed by atoms with van der Waals surface area (Å²) in [5, 5.41) is 8.44. The van der Waals surface area contributed by atoms with E-state index in [4.69, 9.17) is 4.42 Å². The lowest BCUT2D eigenvalue weighted by molar-refractivity contribution is 0.102. The molecule has 0 atom stereocenters. The predicted octanol–water partition coefficient (Wildman–Crippen LogP) is 5.15. The molecule has 0 spiro atoms. The zero-order chi connectivity index (χ0) is 16.4. The average molecular weight is 409 g/mol. The van der Waals surface area contributed by atoms with Crippen molar-refractivity contribution in [3.8, 4) is 11.5 Å². The van der Waals surface area contributed by atoms with Crippen LogP contribution in [-0.4, -0.2) is 21.7 Å². The summed E-state index contributed by atoms with van der Waals surface area (Å²) in [7, 11) is 0. The third kappa shape index (κ3) is 3.73. The van der Waals surface area contributed by atoms with Gasteiger partial charge < -0.3 is 4.42 Å². The first-order valence-electron chi connectivity index (χ1n) is 6.86. The SMILES string of the molecule is Cc1cc(C(=O)CSc2nnc(-c3ccccc3Br)o2)c(C)s1. The highest BCUT2D eigenvalue weighted by atomic mass is 79.9. The Morgan fingerprint density at radius 3 is 2.78 bits per heavy atom. The largest absolute Gasteiger partial charge is 0.411 e. The lowest BCUT2D eigenvalue weighted by atomic mass is 10.2. The van der Waals surface area contributed by atoms with Gasteiger partial charge >= 0.3 is 0 Å². The van der Waals surface area contributed by atoms with Crippen LogP contribution in [0.1, 0.15) is 20.1 Å². The molecule has 0 bridgehead atoms. The predicted molar refractivity (Wildman–Crippen MR) is 96.3 cm³/mol. The van der Waals surface area contributed by atoms with Gasteiger partial charge in [-0.25, -0.2) is 0 Å². The molecule has 4 nitrogen and oxygen atoms in total. The van der Waals surface area contributed by atoms with Crippen LogP contribution in [0.4, 0.5) is 0 Å². The van der Waals surface area contributed by atoms with Crippen LogP contribution >= 0.6 is 39.0 Å². The average Bonchev–Trinajstić information content (AvgIpc) is 3.12. The fourth-order valence-electron chi connectivity index (χ4n) is 2.12. The number of aryl methyl sites for hydroxylation is 2. The van der Waals surface area contributed by atoms with Crippen molar-refractivity contribution in [2.24, 2.45) is 0 Å². The van der Waals surface area contributed by atoms with E-state index in [0.717, 1.165) is 25.4 Å². The van der Waals surface area contributed by atoms with Gasteiger partial charge in [-0.15, -0.1) is 21.5 Å². The Hall–Kier alpha value is -1.44. The number of carbonyl (C=O) groups is 1. The van der Waals surface area contributed by atoms with E-state index < -0.39 is 0 Å². The van der Waals surface area contributed by atoms with E-state index in [1.54, 1.807) is 11.3 Å². The van der Waals surface area contributed by atoms with Crippen LogP contribution < -0.4 is 0 Å². The number of halogens is 1. The molecular weight excluding hydrogens is 396 g/mol. The van der Waals surface area contributed by atoms with Crippen molar-refractivity contribution in [3.05, 3.63) is 50.1 Å². The second-order valence-electron chi connectivity index (χ2n) is 4.89. The molecule has 0 fully saturated rings. The van der Waals surface area contributed by atoms with Gasteiger partial charge in [-0.3, -0.25) is 4.79 Å². The Morgan fingerprint density at radius 2 is 2.09 bits per heavy atom. The van der Waals surface area contributed by atoms with E-state index in [9.17, 15) is 4.79 Å². The first-order chi connectivity index (χ1) is 11.0. The number of thiophene rings is 1. The highest BCUT2D eigenvalue weighted by Gasteiger charge is 2.16. The van der Waals surface area contributed by atoms with E-state index in [1.165, 1.54) is 11.8 Å². The molecule has 0 aliphatic heterocycles. The fourth-order valence-corrected chi connectivity index (χ4v) is 4.17. The number of benzene rings is 1. The van der Waals surface area contributed by atoms with Gasteiger partial charge in [0.2, 0.25) is 5.89 Å². The third-order valence-electron chi connectivity index (χ3n) is 3.18. The van der Waals surface area contributed by atoms with Crippen LogP contribution in [0.25, 0.3) is 11.5 Å². The van der Waals surface area contributed by atoms with Crippen LogP contribution in [0.2, 0.25) is 0 Å². The molecular formula is C16H13BrN2O2S2. The fraction of sp³-hybridized carbons (Fsp3) is 0.188. The Labute approximate surface area is 150 Å². The van der Waals surface area contributed by atoms with E-state index >= 15 is 0 Å². The normalized spacial score (nSPS) is 10.9. The molecule has 0 saturated carbocycles. The van der Waals surface area contributed by atoms with Gasteiger partial charge in [-0.1, -0.05) is 23.9 Å². The van der Waals surface area contributed by atoms with Crippen LogP contribution in [-0.2, 0) is 0 Å². The van der Waals surface area contributed by atoms with E-state index in [1.807, 2.05) is 44.2 Å². The zero-order valence-corrected chi connectivity index (χ0v) is 15.7. The molecule has 7 heteroatoms. The maximum Gasteiger partial charge on any atom is 0.277 e. The van der Waals surface area contributed by atoms with Crippen molar-refractivity contribution in [2.75, 3.05) is 5.75 Å². The van der Waals surface area contributed by atoms with E-state index in [-0.39, 0.29) is 11.5 Å². The molecule has 23 heavy (non-hydrogen) atoms. The zero-order valence-electron chi connectivity index (χ0n) is 12.5. The Bertz CT molecular complexity index is 857. The number of Topliss-reactive ketones (excluding diaryl/α,β-unsaturated/α-hetero) is 1. The smallest absolute Gasteiger partial charge is 0.277 e. The minimum atomic E-state index is 0.0810. The minimum absolute atomic E-state index is 0.0810. The molecule has 1 aromatic carbocycles. The second kappa shape index (κ2) is 6.98. The molecule has 0 saturated heterocycles. The monoisotopic (exact) mass is 408 g/mol. The lowest BCUT2D eigenvalue weighted by Crippen LogP contribution is -2.02. The number of hydrogen-bond donors (Lipinski definition) is 0. The van der Waals surface area contributed by atoms with Crippen molar-refractivity contribution in [1.82, 2.24) is 10.2 Å². The molecule has 0 radical (unpaired) electrons. The first kappa shape index (κ1) is 16.4. The van der Waals surface area contributed by atoms with Gasteiger partial charge in [0.05, 0.1) is 11.3 Å². The van der Waals surface area contributed by atoms with Crippen LogP contribution in [0.5, 0.6) is 0 Å². The van der Waals surface area contributed by atoms with E-state index in [0.29, 0.717) is 11.1 Å². The molecule has 3 rings (SSSR count). The molecule has 0 amide bonds. The molecule has 118 valence electrons. The number of aromatic nitrogens is 2. The molecule has 0 aliphatic rings. The van der Waals surface area contributed by atoms with Gasteiger partial charge in [0.1, 0.15) is 0 Å². The summed E-state index contributed by atoms with van der Waals surface area (Å²) in [5.74, 6) is 0.807. The molecule has 0 N–H and O–H groups in total. The number of carbonyl (C=O) groups excluding carboxylic acids is 1. The van der Waals surface area contributed by atoms with E-state index in [2.05, 4.69) is 26.1 Å². The van der Waals surface area contributed by atoms with Crippen LogP contribution in [0, 0.1) is 13.8 Å². The Balaban J connectivity index is 1.69. The van der Waals surface area contributed by atoms with Crippen molar-refractivity contribution in [2.45, 2.75) is 19.1 Å². The summed E-state index contributed by atoms with van der Waals surface area (Å²) in [6.07, 6.45) is 0. The number of nitrogens with zero attached hydrogens (tertiary/aromatic N) is 2. The molecule has 3 aromatic rings. The highest BCUT2D eigenvalue weighted by Crippen LogP contribution is 2.29. The molecule has 2 heterocycles. The van der Waals surface area contributed by atoms with Gasteiger partial charge in [-0.05, 0) is 48.0 Å². The van der Waals surface area contributed by atoms with Crippen LogP contribution in [0.3, 0.4) is 0 Å². The minimum Gasteiger partial charge on any atom is -0.411 e. The summed E-state index contributed by atoms with van der Waals surface area (Å²) >= 11 is 6.36. The summed E-state index contributed by atoms with van der Waals surface area (Å²) in [5.41, 5.74) is 1.62. The Kier molecular flexibility index (Phi) is 4.99. The number of hydrogen-bond acceptors (Lipinski definition) is 6. The van der Waals surface area contributed by atoms with Crippen LogP contribution in [0.15, 0.2) is 44.4 Å². The van der Waals surface area contributed by atoms with Crippen molar-refractivity contribution < 1.29 is 9.21 Å². The third-order valence-corrected chi connectivity index (χ3v) is 5.65. The Morgan fingerprint density at radius 1 is 1.30 bits per heavy atom. The van der Waals surface area contributed by atoms with Gasteiger partial charge in [0, 0.05) is 19.8 Å². The summed E-state index contributed by atoms with van der Waals surface area (Å²) in [4.78, 5) is 14.5. The maximum atomic E-state index is 12.3. The lowest BCUT2D eigenvalue weighted by Gasteiger charge is -1.98. The molecule has 0 aliphatic carbocycles. The molecule has 0 unspecified atom stereocenters.